The summed E-state index contributed by atoms with van der Waals surface area (Å²) in [5, 5.41) is 0. The number of rotatable bonds is 16. The number of ether oxygens (including phenoxy) is 10. The van der Waals surface area contributed by atoms with E-state index in [0.717, 1.165) is 121 Å². The van der Waals surface area contributed by atoms with E-state index in [1.807, 2.05) is 20.8 Å². The van der Waals surface area contributed by atoms with E-state index >= 15 is 0 Å². The van der Waals surface area contributed by atoms with Gasteiger partial charge in [0.1, 0.15) is 0 Å². The van der Waals surface area contributed by atoms with Gasteiger partial charge in [-0.15, -0.1) is 0 Å². The van der Waals surface area contributed by atoms with E-state index in [4.69, 9.17) is 47.4 Å². The van der Waals surface area contributed by atoms with E-state index in [1.54, 1.807) is 25.1 Å². The third-order valence-corrected chi connectivity index (χ3v) is 21.2. The minimum Gasteiger partial charge on any atom is -0.436 e. The summed E-state index contributed by atoms with van der Waals surface area (Å²) in [6.07, 6.45) is 29.3. The Balaban J connectivity index is 0.000000133. The molecule has 0 N–H and O–H groups in total. The molecule has 0 aromatic heterocycles. The Morgan fingerprint density at radius 3 is 1.56 bits per heavy atom. The fraction of sp³-hybridized carbons (Fsp3) is 0.921. The molecule has 450 valence electrons. The van der Waals surface area contributed by atoms with Gasteiger partial charge < -0.3 is 47.4 Å². The highest BCUT2D eigenvalue weighted by Crippen LogP contribution is 2.69. The summed E-state index contributed by atoms with van der Waals surface area (Å²) in [5.74, 6) is 13.1. The Morgan fingerprint density at radius 1 is 0.532 bits per heavy atom. The van der Waals surface area contributed by atoms with Crippen molar-refractivity contribution >= 4 is 41.6 Å². The van der Waals surface area contributed by atoms with Gasteiger partial charge in [-0.2, -0.15) is 11.8 Å². The molecule has 15 nitrogen and oxygen atoms in total. The average molecular weight is 1130 g/mol. The van der Waals surface area contributed by atoms with Crippen LogP contribution in [0.1, 0.15) is 210 Å². The zero-order chi connectivity index (χ0) is 56.4. The smallest absolute Gasteiger partial charge is 0.304 e. The highest BCUT2D eigenvalue weighted by atomic mass is 32.2. The Hall–Kier alpha value is -2.50. The lowest BCUT2D eigenvalue weighted by Crippen LogP contribution is -2.53. The largest absolute Gasteiger partial charge is 0.436 e. The zero-order valence-electron chi connectivity index (χ0n) is 49.8. The SMILES string of the molecule is CC(=O)OC(C)OC12CC3CC(CC(C3)C1)C2.CC(=O)OC(C)OC1CCCCC1.CC(=O)OC(C)OCC12CC3CC(CC(C3)C1)C2.CC(=O)OC(C)OCCC1CC2CC1C1C3CCC(C3)C21.CC(=O)OC1CSCCO1. The molecule has 1 aliphatic heterocycles. The topological polar surface area (TPSA) is 178 Å². The number of esters is 5. The van der Waals surface area contributed by atoms with Crippen LogP contribution < -0.4 is 0 Å². The molecule has 12 bridgehead atoms. The summed E-state index contributed by atoms with van der Waals surface area (Å²) in [7, 11) is 0. The van der Waals surface area contributed by atoms with Crippen molar-refractivity contribution in [2.24, 2.45) is 82.3 Å². The van der Waals surface area contributed by atoms with Crippen molar-refractivity contribution in [1.82, 2.24) is 0 Å². The van der Waals surface area contributed by atoms with Crippen molar-refractivity contribution in [3.63, 3.8) is 0 Å². The standard InChI is InChI=1S/C18H28O3.C15H24O3.C14H22O3.C10H18O3.C6H10O3S/c1-10(19)21-11(2)20-6-5-12-7-15-9-16(12)18-14-4-3-13(8-14)17(15)18;1-10(16)18-11(2)17-9-15-6-12-3-13(7-15)5-14(4-12)8-15;1-9(15)16-10(2)17-14-6-11-3-12(7-14)5-13(4-11)8-14;1-8(11)12-9(2)13-10-6-4-3-5-7-10;1-5(7)9-6-4-10-3-2-8-6/h11-18H,3-9H2,1-2H3;11-14H,3-9H2,1-2H3;10-13H,3-8H2,1-2H3;9-10H,3-7H2,1-2H3;6H,2-4H2,1H3. The van der Waals surface area contributed by atoms with E-state index < -0.39 is 12.6 Å². The van der Waals surface area contributed by atoms with Gasteiger partial charge in [0.15, 0.2) is 18.9 Å². The van der Waals surface area contributed by atoms with E-state index in [2.05, 4.69) is 0 Å². The highest BCUT2D eigenvalue weighted by Gasteiger charge is 2.62. The van der Waals surface area contributed by atoms with Crippen LogP contribution in [-0.4, -0.2) is 104 Å². The van der Waals surface area contributed by atoms with Crippen LogP contribution in [0.5, 0.6) is 0 Å². The number of hydrogen-bond donors (Lipinski definition) is 0. The fourth-order valence-corrected chi connectivity index (χ4v) is 19.7. The van der Waals surface area contributed by atoms with Crippen LogP contribution in [0, 0.1) is 82.3 Å². The molecular weight excluding hydrogens is 1030 g/mol. The molecule has 12 atom stereocenters. The zero-order valence-corrected chi connectivity index (χ0v) is 50.6. The second-order valence-corrected chi connectivity index (χ2v) is 28.0. The number of thioether (sulfide) groups is 1. The summed E-state index contributed by atoms with van der Waals surface area (Å²) in [5.41, 5.74) is 0.437. The lowest BCUT2D eigenvalue weighted by molar-refractivity contribution is -0.244. The van der Waals surface area contributed by atoms with Crippen LogP contribution in [-0.2, 0) is 71.3 Å². The summed E-state index contributed by atoms with van der Waals surface area (Å²) in [4.78, 5) is 53.7. The van der Waals surface area contributed by atoms with E-state index in [9.17, 15) is 24.0 Å². The average Bonchev–Trinajstić information content (AvgIpc) is 4.38. The van der Waals surface area contributed by atoms with Crippen molar-refractivity contribution in [3.05, 3.63) is 0 Å². The Kier molecular flexibility index (Phi) is 22.8. The number of carbonyl (C=O) groups excluding carboxylic acids is 5. The molecule has 0 aromatic rings. The molecule has 12 unspecified atom stereocenters. The van der Waals surface area contributed by atoms with Crippen LogP contribution in [0.3, 0.4) is 0 Å². The maximum absolute atomic E-state index is 10.9. The monoisotopic (exact) mass is 1130 g/mol. The first-order valence-electron chi connectivity index (χ1n) is 31.3. The van der Waals surface area contributed by atoms with Gasteiger partial charge in [-0.1, -0.05) is 19.3 Å². The lowest BCUT2D eigenvalue weighted by Gasteiger charge is -2.56. The molecule has 13 aliphatic carbocycles. The van der Waals surface area contributed by atoms with Crippen molar-refractivity contribution in [2.45, 2.75) is 253 Å². The molecule has 14 rings (SSSR count). The molecule has 0 spiro atoms. The van der Waals surface area contributed by atoms with Crippen LogP contribution in [0.25, 0.3) is 0 Å². The van der Waals surface area contributed by atoms with Gasteiger partial charge in [0.2, 0.25) is 12.6 Å². The highest BCUT2D eigenvalue weighted by molar-refractivity contribution is 7.99. The first-order chi connectivity index (χ1) is 37.7. The van der Waals surface area contributed by atoms with Gasteiger partial charge in [-0.05, 0) is 238 Å². The van der Waals surface area contributed by atoms with E-state index in [-0.39, 0.29) is 54.3 Å². The van der Waals surface area contributed by atoms with Crippen molar-refractivity contribution in [1.29, 1.82) is 0 Å². The van der Waals surface area contributed by atoms with Crippen molar-refractivity contribution in [2.75, 3.05) is 31.3 Å². The molecule has 14 aliphatic rings. The van der Waals surface area contributed by atoms with Gasteiger partial charge in [0.05, 0.1) is 37.3 Å². The number of fused-ring (bicyclic) bond motifs is 9. The lowest BCUT2D eigenvalue weighted by atomic mass is 9.50. The molecule has 79 heavy (non-hydrogen) atoms. The maximum atomic E-state index is 10.9. The summed E-state index contributed by atoms with van der Waals surface area (Å²) in [6.45, 7) is 16.6. The molecular formula is C63H102O15S. The molecule has 0 amide bonds. The molecule has 0 radical (unpaired) electrons. The molecule has 1 heterocycles. The normalized spacial score (nSPS) is 38.8. The Labute approximate surface area is 477 Å². The third kappa shape index (κ3) is 18.2. The van der Waals surface area contributed by atoms with E-state index in [0.29, 0.717) is 18.1 Å². The minimum atomic E-state index is -0.393. The van der Waals surface area contributed by atoms with Gasteiger partial charge in [-0.3, -0.25) is 24.0 Å². The van der Waals surface area contributed by atoms with Crippen LogP contribution in [0.15, 0.2) is 0 Å². The quantitative estimate of drug-likeness (QED) is 0.0616. The van der Waals surface area contributed by atoms with Gasteiger partial charge in [0.25, 0.3) is 0 Å². The molecule has 1 saturated heterocycles. The molecule has 16 heteroatoms. The van der Waals surface area contributed by atoms with Crippen LogP contribution >= 0.6 is 11.8 Å². The summed E-state index contributed by atoms with van der Waals surface area (Å²) >= 11 is 1.74. The molecule has 14 fully saturated rings. The van der Waals surface area contributed by atoms with Crippen molar-refractivity contribution in [3.8, 4) is 0 Å². The van der Waals surface area contributed by atoms with Crippen LogP contribution in [0.4, 0.5) is 0 Å². The summed E-state index contributed by atoms with van der Waals surface area (Å²) < 4.78 is 53.2. The van der Waals surface area contributed by atoms with Gasteiger partial charge in [-0.25, -0.2) is 0 Å². The van der Waals surface area contributed by atoms with E-state index in [1.165, 1.54) is 157 Å². The predicted octanol–water partition coefficient (Wildman–Crippen LogP) is 12.5. The maximum Gasteiger partial charge on any atom is 0.304 e. The fourth-order valence-electron chi connectivity index (χ4n) is 19.0. The van der Waals surface area contributed by atoms with Gasteiger partial charge >= 0.3 is 29.8 Å². The number of carbonyl (C=O) groups is 5. The minimum absolute atomic E-state index is 0.0314. The van der Waals surface area contributed by atoms with Crippen LogP contribution in [0.2, 0.25) is 0 Å². The first-order valence-corrected chi connectivity index (χ1v) is 32.5. The Morgan fingerprint density at radius 2 is 1.04 bits per heavy atom. The third-order valence-electron chi connectivity index (χ3n) is 20.2. The molecule has 13 saturated carbocycles. The first kappa shape index (κ1) is 62.5. The Bertz CT molecular complexity index is 1910. The molecule has 0 aromatic carbocycles. The second kappa shape index (κ2) is 28.9. The second-order valence-electron chi connectivity index (χ2n) is 26.8. The number of hydrogen-bond acceptors (Lipinski definition) is 16. The van der Waals surface area contributed by atoms with Gasteiger partial charge in [0, 0.05) is 40.4 Å². The van der Waals surface area contributed by atoms with Crippen molar-refractivity contribution < 1.29 is 71.3 Å². The predicted molar refractivity (Wildman–Crippen MR) is 298 cm³/mol. The summed E-state index contributed by atoms with van der Waals surface area (Å²) in [6, 6.07) is 0.